The molecule has 0 spiro atoms. The molecule has 0 aliphatic heterocycles. The minimum Gasteiger partial charge on any atom is -0.508 e. The Balaban J connectivity index is 2.25. The summed E-state index contributed by atoms with van der Waals surface area (Å²) in [4.78, 5) is 0. The Labute approximate surface area is 87.1 Å². The van der Waals surface area contributed by atoms with Gasteiger partial charge in [0.2, 0.25) is 0 Å². The lowest BCUT2D eigenvalue weighted by Gasteiger charge is -1.95. The Bertz CT molecular complexity index is 435. The number of hydrogen-bond acceptors (Lipinski definition) is 4. The minimum absolute atomic E-state index is 0.244. The molecule has 1 aromatic heterocycles. The zero-order chi connectivity index (χ0) is 10.7. The van der Waals surface area contributed by atoms with Crippen molar-refractivity contribution in [3.63, 3.8) is 0 Å². The maximum atomic E-state index is 9.14. The largest absolute Gasteiger partial charge is 0.508 e. The Morgan fingerprint density at radius 1 is 1.27 bits per heavy atom. The van der Waals surface area contributed by atoms with Crippen LogP contribution >= 0.6 is 0 Å². The van der Waals surface area contributed by atoms with Gasteiger partial charge in [-0.25, -0.2) is 0 Å². The third kappa shape index (κ3) is 2.13. The first-order valence-electron chi connectivity index (χ1n) is 4.69. The van der Waals surface area contributed by atoms with Crippen LogP contribution in [0, 0.1) is 0 Å². The molecule has 0 unspecified atom stereocenters. The molecule has 5 heteroatoms. The summed E-state index contributed by atoms with van der Waals surface area (Å²) < 4.78 is 1.70. The van der Waals surface area contributed by atoms with Crippen LogP contribution in [0.3, 0.4) is 0 Å². The SMILES string of the molecule is NCCn1cc(-c2ccc(O)cc2)nn1. The summed E-state index contributed by atoms with van der Waals surface area (Å²) in [5.74, 6) is 0.244. The lowest BCUT2D eigenvalue weighted by Crippen LogP contribution is -2.10. The molecular formula is C10H12N4O. The van der Waals surface area contributed by atoms with E-state index >= 15 is 0 Å². The molecule has 2 aromatic rings. The Kier molecular flexibility index (Phi) is 2.64. The highest BCUT2D eigenvalue weighted by Crippen LogP contribution is 2.18. The summed E-state index contributed by atoms with van der Waals surface area (Å²) in [7, 11) is 0. The number of aromatic nitrogens is 3. The van der Waals surface area contributed by atoms with Crippen molar-refractivity contribution in [3.05, 3.63) is 30.5 Å². The van der Waals surface area contributed by atoms with Crippen molar-refractivity contribution in [3.8, 4) is 17.0 Å². The number of nitrogens with two attached hydrogens (primary N) is 1. The van der Waals surface area contributed by atoms with Gasteiger partial charge in [-0.3, -0.25) is 4.68 Å². The fourth-order valence-electron chi connectivity index (χ4n) is 1.30. The van der Waals surface area contributed by atoms with Crippen LogP contribution in [-0.4, -0.2) is 26.6 Å². The molecule has 0 bridgehead atoms. The molecule has 0 aliphatic rings. The molecule has 1 heterocycles. The van der Waals surface area contributed by atoms with Gasteiger partial charge < -0.3 is 10.8 Å². The van der Waals surface area contributed by atoms with E-state index in [0.717, 1.165) is 11.3 Å². The zero-order valence-electron chi connectivity index (χ0n) is 8.17. The summed E-state index contributed by atoms with van der Waals surface area (Å²) in [6.45, 7) is 1.20. The van der Waals surface area contributed by atoms with Crippen LogP contribution in [0.25, 0.3) is 11.3 Å². The van der Waals surface area contributed by atoms with Crippen molar-refractivity contribution < 1.29 is 5.11 Å². The van der Waals surface area contributed by atoms with Gasteiger partial charge in [-0.05, 0) is 24.3 Å². The van der Waals surface area contributed by atoms with Gasteiger partial charge in [0.25, 0.3) is 0 Å². The van der Waals surface area contributed by atoms with Crippen LogP contribution in [0.4, 0.5) is 0 Å². The summed E-state index contributed by atoms with van der Waals surface area (Å²) in [6.07, 6.45) is 1.83. The van der Waals surface area contributed by atoms with E-state index in [-0.39, 0.29) is 5.75 Å². The van der Waals surface area contributed by atoms with Crippen LogP contribution in [0.1, 0.15) is 0 Å². The Hall–Kier alpha value is -1.88. The average Bonchev–Trinajstić information content (AvgIpc) is 2.68. The first-order valence-corrected chi connectivity index (χ1v) is 4.69. The summed E-state index contributed by atoms with van der Waals surface area (Å²) in [5.41, 5.74) is 7.11. The quantitative estimate of drug-likeness (QED) is 0.768. The van der Waals surface area contributed by atoms with Crippen molar-refractivity contribution in [1.29, 1.82) is 0 Å². The van der Waals surface area contributed by atoms with Gasteiger partial charge in [-0.15, -0.1) is 5.10 Å². The number of phenolic OH excluding ortho intramolecular Hbond substituents is 1. The maximum absolute atomic E-state index is 9.14. The van der Waals surface area contributed by atoms with E-state index in [0.29, 0.717) is 13.1 Å². The molecule has 2 rings (SSSR count). The highest BCUT2D eigenvalue weighted by atomic mass is 16.3. The number of hydrogen-bond donors (Lipinski definition) is 2. The second kappa shape index (κ2) is 4.10. The van der Waals surface area contributed by atoms with E-state index in [1.54, 1.807) is 28.9 Å². The third-order valence-electron chi connectivity index (χ3n) is 2.06. The molecular weight excluding hydrogens is 192 g/mol. The van der Waals surface area contributed by atoms with Crippen molar-refractivity contribution in [2.24, 2.45) is 5.73 Å². The number of nitrogens with zero attached hydrogens (tertiary/aromatic N) is 3. The molecule has 3 N–H and O–H groups in total. The van der Waals surface area contributed by atoms with Gasteiger partial charge in [-0.1, -0.05) is 5.21 Å². The van der Waals surface area contributed by atoms with E-state index in [2.05, 4.69) is 10.3 Å². The Morgan fingerprint density at radius 3 is 2.67 bits per heavy atom. The van der Waals surface area contributed by atoms with Crippen molar-refractivity contribution in [2.75, 3.05) is 6.54 Å². The molecule has 0 aliphatic carbocycles. The van der Waals surface area contributed by atoms with E-state index in [9.17, 15) is 0 Å². The predicted octanol–water partition coefficient (Wildman–Crippen LogP) is 0.609. The molecule has 0 saturated carbocycles. The fourth-order valence-corrected chi connectivity index (χ4v) is 1.30. The van der Waals surface area contributed by atoms with Crippen molar-refractivity contribution in [2.45, 2.75) is 6.54 Å². The number of rotatable bonds is 3. The normalized spacial score (nSPS) is 10.5. The lowest BCUT2D eigenvalue weighted by molar-refractivity contribution is 0.475. The van der Waals surface area contributed by atoms with Crippen LogP contribution < -0.4 is 5.73 Å². The first-order chi connectivity index (χ1) is 7.29. The highest BCUT2D eigenvalue weighted by Gasteiger charge is 2.02. The lowest BCUT2D eigenvalue weighted by atomic mass is 10.2. The molecule has 5 nitrogen and oxygen atoms in total. The van der Waals surface area contributed by atoms with Crippen molar-refractivity contribution in [1.82, 2.24) is 15.0 Å². The van der Waals surface area contributed by atoms with E-state index in [1.807, 2.05) is 6.20 Å². The molecule has 0 fully saturated rings. The van der Waals surface area contributed by atoms with Crippen LogP contribution in [-0.2, 0) is 6.54 Å². The van der Waals surface area contributed by atoms with Crippen molar-refractivity contribution >= 4 is 0 Å². The standard InChI is InChI=1S/C10H12N4O/c11-5-6-14-7-10(12-13-14)8-1-3-9(15)4-2-8/h1-4,7,15H,5-6,11H2. The molecule has 15 heavy (non-hydrogen) atoms. The van der Waals surface area contributed by atoms with E-state index in [4.69, 9.17) is 10.8 Å². The van der Waals surface area contributed by atoms with Crippen LogP contribution in [0.5, 0.6) is 5.75 Å². The van der Waals surface area contributed by atoms with Gasteiger partial charge >= 0.3 is 0 Å². The highest BCUT2D eigenvalue weighted by molar-refractivity contribution is 5.58. The number of phenols is 1. The van der Waals surface area contributed by atoms with Gasteiger partial charge in [0.15, 0.2) is 0 Å². The van der Waals surface area contributed by atoms with Gasteiger partial charge in [0.05, 0.1) is 12.7 Å². The van der Waals surface area contributed by atoms with Gasteiger partial charge in [0.1, 0.15) is 11.4 Å². The summed E-state index contributed by atoms with van der Waals surface area (Å²) in [5, 5.41) is 17.1. The predicted molar refractivity (Wildman–Crippen MR) is 56.2 cm³/mol. The van der Waals surface area contributed by atoms with E-state index < -0.39 is 0 Å². The first kappa shape index (κ1) is 9.67. The average molecular weight is 204 g/mol. The molecule has 1 aromatic carbocycles. The fraction of sp³-hybridized carbons (Fsp3) is 0.200. The second-order valence-electron chi connectivity index (χ2n) is 3.20. The number of aromatic hydroxyl groups is 1. The molecule has 0 amide bonds. The maximum Gasteiger partial charge on any atom is 0.115 e. The minimum atomic E-state index is 0.244. The third-order valence-corrected chi connectivity index (χ3v) is 2.06. The molecule has 0 atom stereocenters. The smallest absolute Gasteiger partial charge is 0.115 e. The van der Waals surface area contributed by atoms with Gasteiger partial charge in [0, 0.05) is 12.1 Å². The Morgan fingerprint density at radius 2 is 2.00 bits per heavy atom. The van der Waals surface area contributed by atoms with E-state index in [1.165, 1.54) is 0 Å². The topological polar surface area (TPSA) is 77.0 Å². The zero-order valence-corrected chi connectivity index (χ0v) is 8.17. The number of benzene rings is 1. The van der Waals surface area contributed by atoms with Crippen LogP contribution in [0.15, 0.2) is 30.5 Å². The van der Waals surface area contributed by atoms with Gasteiger partial charge in [-0.2, -0.15) is 0 Å². The summed E-state index contributed by atoms with van der Waals surface area (Å²) in [6, 6.07) is 6.84. The second-order valence-corrected chi connectivity index (χ2v) is 3.20. The molecule has 78 valence electrons. The molecule has 0 saturated heterocycles. The monoisotopic (exact) mass is 204 g/mol. The molecule has 0 radical (unpaired) electrons. The summed E-state index contributed by atoms with van der Waals surface area (Å²) >= 11 is 0. The van der Waals surface area contributed by atoms with Crippen LogP contribution in [0.2, 0.25) is 0 Å².